The van der Waals surface area contributed by atoms with Crippen molar-refractivity contribution in [3.05, 3.63) is 0 Å². The first-order chi connectivity index (χ1) is 8.61. The van der Waals surface area contributed by atoms with Crippen molar-refractivity contribution >= 4 is 11.8 Å². The molecule has 0 spiro atoms. The van der Waals surface area contributed by atoms with Gasteiger partial charge in [-0.25, -0.2) is 0 Å². The van der Waals surface area contributed by atoms with E-state index in [9.17, 15) is 0 Å². The third kappa shape index (κ3) is 4.14. The monoisotopic (exact) mass is 270 g/mol. The van der Waals surface area contributed by atoms with Crippen LogP contribution in [0.25, 0.3) is 0 Å². The zero-order valence-electron chi connectivity index (χ0n) is 12.4. The lowest BCUT2D eigenvalue weighted by atomic mass is 9.94. The van der Waals surface area contributed by atoms with E-state index in [1.807, 2.05) is 0 Å². The van der Waals surface area contributed by atoms with Gasteiger partial charge in [0.1, 0.15) is 0 Å². The van der Waals surface area contributed by atoms with E-state index in [-0.39, 0.29) is 0 Å². The molecule has 2 aliphatic rings. The van der Waals surface area contributed by atoms with Crippen molar-refractivity contribution in [1.29, 1.82) is 0 Å². The average molecular weight is 270 g/mol. The quantitative estimate of drug-likeness (QED) is 0.794. The molecular formula is C15H30N2S. The third-order valence-electron chi connectivity index (χ3n) is 4.53. The Morgan fingerprint density at radius 2 is 2.00 bits per heavy atom. The molecule has 0 amide bonds. The summed E-state index contributed by atoms with van der Waals surface area (Å²) in [6.45, 7) is 8.67. The van der Waals surface area contributed by atoms with Crippen LogP contribution in [-0.2, 0) is 0 Å². The highest BCUT2D eigenvalue weighted by Gasteiger charge is 2.30. The summed E-state index contributed by atoms with van der Waals surface area (Å²) in [6.07, 6.45) is 7.11. The number of rotatable bonds is 3. The number of nitrogens with zero attached hydrogens (tertiary/aromatic N) is 1. The van der Waals surface area contributed by atoms with Gasteiger partial charge in [0, 0.05) is 36.2 Å². The van der Waals surface area contributed by atoms with Crippen molar-refractivity contribution in [2.45, 2.75) is 56.7 Å². The molecule has 2 nitrogen and oxygen atoms in total. The molecular weight excluding hydrogens is 240 g/mol. The molecule has 1 N–H and O–H groups in total. The number of thioether (sulfide) groups is 1. The Bertz CT molecular complexity index is 255. The van der Waals surface area contributed by atoms with E-state index in [1.54, 1.807) is 0 Å². The summed E-state index contributed by atoms with van der Waals surface area (Å²) in [7, 11) is 2.15. The Morgan fingerprint density at radius 1 is 1.22 bits per heavy atom. The molecule has 1 aliphatic heterocycles. The molecule has 18 heavy (non-hydrogen) atoms. The van der Waals surface area contributed by atoms with Crippen molar-refractivity contribution in [1.82, 2.24) is 10.2 Å². The highest BCUT2D eigenvalue weighted by Crippen LogP contribution is 2.31. The Hall–Kier alpha value is 0.270. The summed E-state index contributed by atoms with van der Waals surface area (Å²) < 4.78 is 0.456. The Labute approximate surface area is 117 Å². The number of hydrogen-bond acceptors (Lipinski definition) is 3. The van der Waals surface area contributed by atoms with E-state index in [0.717, 1.165) is 12.0 Å². The van der Waals surface area contributed by atoms with Crippen LogP contribution >= 0.6 is 11.8 Å². The Balaban J connectivity index is 1.89. The molecule has 2 fully saturated rings. The van der Waals surface area contributed by atoms with Crippen LogP contribution in [0.4, 0.5) is 0 Å². The van der Waals surface area contributed by atoms with Gasteiger partial charge in [-0.3, -0.25) is 0 Å². The smallest absolute Gasteiger partial charge is 0.0231 e. The van der Waals surface area contributed by atoms with Gasteiger partial charge in [0.25, 0.3) is 0 Å². The first-order valence-corrected chi connectivity index (χ1v) is 8.63. The van der Waals surface area contributed by atoms with Crippen molar-refractivity contribution in [3.8, 4) is 0 Å². The molecule has 1 aliphatic carbocycles. The molecule has 0 aromatic heterocycles. The van der Waals surface area contributed by atoms with Gasteiger partial charge in [-0.2, -0.15) is 11.8 Å². The second-order valence-corrected chi connectivity index (χ2v) is 8.44. The summed E-state index contributed by atoms with van der Waals surface area (Å²) in [6, 6.07) is 0.755. The van der Waals surface area contributed by atoms with Crippen LogP contribution in [0.2, 0.25) is 0 Å². The molecule has 0 radical (unpaired) electrons. The first-order valence-electron chi connectivity index (χ1n) is 7.64. The van der Waals surface area contributed by atoms with Gasteiger partial charge in [0.2, 0.25) is 0 Å². The minimum atomic E-state index is 0.456. The van der Waals surface area contributed by atoms with Gasteiger partial charge in [0.05, 0.1) is 0 Å². The van der Waals surface area contributed by atoms with E-state index in [2.05, 4.69) is 42.9 Å². The molecule has 3 heteroatoms. The molecule has 2 atom stereocenters. The zero-order chi connectivity index (χ0) is 13.0. The zero-order valence-corrected chi connectivity index (χ0v) is 13.2. The maximum atomic E-state index is 3.57. The Morgan fingerprint density at radius 3 is 2.72 bits per heavy atom. The van der Waals surface area contributed by atoms with Gasteiger partial charge in [-0.1, -0.05) is 19.3 Å². The molecule has 1 saturated carbocycles. The predicted octanol–water partition coefficient (Wildman–Crippen LogP) is 2.98. The van der Waals surface area contributed by atoms with Gasteiger partial charge in [-0.05, 0) is 39.7 Å². The maximum absolute atomic E-state index is 3.57. The summed E-state index contributed by atoms with van der Waals surface area (Å²) >= 11 is 2.14. The number of hydrogen-bond donors (Lipinski definition) is 1. The van der Waals surface area contributed by atoms with Gasteiger partial charge < -0.3 is 10.2 Å². The lowest BCUT2D eigenvalue weighted by Crippen LogP contribution is -2.48. The Kier molecular flexibility index (Phi) is 5.40. The van der Waals surface area contributed by atoms with Gasteiger partial charge in [-0.15, -0.1) is 0 Å². The lowest BCUT2D eigenvalue weighted by molar-refractivity contribution is 0.190. The van der Waals surface area contributed by atoms with Crippen LogP contribution in [0, 0.1) is 5.92 Å². The van der Waals surface area contributed by atoms with Crippen LogP contribution in [0.3, 0.4) is 0 Å². The van der Waals surface area contributed by atoms with Crippen LogP contribution in [-0.4, -0.2) is 48.1 Å². The van der Waals surface area contributed by atoms with Gasteiger partial charge >= 0.3 is 0 Å². The highest BCUT2D eigenvalue weighted by molar-refractivity contribution is 8.00. The fraction of sp³-hybridized carbons (Fsp3) is 1.00. The van der Waals surface area contributed by atoms with Crippen molar-refractivity contribution < 1.29 is 0 Å². The fourth-order valence-electron chi connectivity index (χ4n) is 3.58. The van der Waals surface area contributed by atoms with E-state index in [4.69, 9.17) is 0 Å². The van der Waals surface area contributed by atoms with Crippen molar-refractivity contribution in [2.75, 3.05) is 32.4 Å². The second kappa shape index (κ2) is 6.62. The topological polar surface area (TPSA) is 15.3 Å². The molecule has 106 valence electrons. The second-order valence-electron chi connectivity index (χ2n) is 6.64. The summed E-state index contributed by atoms with van der Waals surface area (Å²) in [5.74, 6) is 2.18. The van der Waals surface area contributed by atoms with Gasteiger partial charge in [0.15, 0.2) is 0 Å². The molecule has 0 aromatic carbocycles. The summed E-state index contributed by atoms with van der Waals surface area (Å²) in [5.41, 5.74) is 0. The van der Waals surface area contributed by atoms with Crippen LogP contribution in [0.1, 0.15) is 46.0 Å². The molecule has 2 unspecified atom stereocenters. The van der Waals surface area contributed by atoms with Crippen LogP contribution < -0.4 is 5.32 Å². The number of nitrogens with one attached hydrogen (secondary N) is 1. The first kappa shape index (κ1) is 14.7. The average Bonchev–Trinajstić information content (AvgIpc) is 2.53. The van der Waals surface area contributed by atoms with E-state index >= 15 is 0 Å². The maximum Gasteiger partial charge on any atom is 0.0231 e. The molecule has 0 bridgehead atoms. The van der Waals surface area contributed by atoms with E-state index in [1.165, 1.54) is 57.5 Å². The van der Waals surface area contributed by atoms with Crippen LogP contribution in [0.5, 0.6) is 0 Å². The standard InChI is InChI=1S/C15H30N2S/c1-15(2)12-17(9-10-18-15)11-13-7-5-4-6-8-14(13)16-3/h13-14,16H,4-12H2,1-3H3. The largest absolute Gasteiger partial charge is 0.317 e. The van der Waals surface area contributed by atoms with E-state index < -0.39 is 0 Å². The SMILES string of the molecule is CNC1CCCCCC1CN1CCSC(C)(C)C1. The normalized spacial score (nSPS) is 34.2. The third-order valence-corrected chi connectivity index (χ3v) is 5.82. The minimum Gasteiger partial charge on any atom is -0.317 e. The highest BCUT2D eigenvalue weighted by atomic mass is 32.2. The molecule has 1 saturated heterocycles. The van der Waals surface area contributed by atoms with Crippen LogP contribution in [0.15, 0.2) is 0 Å². The molecule has 0 aromatic rings. The lowest BCUT2D eigenvalue weighted by Gasteiger charge is -2.40. The minimum absolute atomic E-state index is 0.456. The molecule has 1 heterocycles. The summed E-state index contributed by atoms with van der Waals surface area (Å²) in [4.78, 5) is 2.72. The predicted molar refractivity (Wildman–Crippen MR) is 82.4 cm³/mol. The fourth-order valence-corrected chi connectivity index (χ4v) is 4.76. The van der Waals surface area contributed by atoms with E-state index in [0.29, 0.717) is 4.75 Å². The molecule has 2 rings (SSSR count). The van der Waals surface area contributed by atoms with Crippen molar-refractivity contribution in [2.24, 2.45) is 5.92 Å². The summed E-state index contributed by atoms with van der Waals surface area (Å²) in [5, 5.41) is 3.57. The van der Waals surface area contributed by atoms with Crippen molar-refractivity contribution in [3.63, 3.8) is 0 Å².